The second-order valence-corrected chi connectivity index (χ2v) is 5.87. The van der Waals surface area contributed by atoms with Crippen LogP contribution in [0.1, 0.15) is 48.7 Å². The van der Waals surface area contributed by atoms with Crippen LogP contribution in [0.25, 0.3) is 0 Å². The first-order chi connectivity index (χ1) is 10.7. The number of nitrogens with zero attached hydrogens (tertiary/aromatic N) is 3. The zero-order valence-electron chi connectivity index (χ0n) is 13.0. The van der Waals surface area contributed by atoms with Crippen molar-refractivity contribution < 1.29 is 4.79 Å². The Hall–Kier alpha value is -2.37. The van der Waals surface area contributed by atoms with Crippen molar-refractivity contribution in [1.29, 1.82) is 0 Å². The molecule has 1 aliphatic rings. The summed E-state index contributed by atoms with van der Waals surface area (Å²) in [5.41, 5.74) is 2.29. The molecule has 1 aliphatic heterocycles. The first-order valence-electron chi connectivity index (χ1n) is 7.70. The number of nitrogens with one attached hydrogen (secondary N) is 2. The molecule has 2 aromatic rings. The zero-order valence-corrected chi connectivity index (χ0v) is 13.0. The van der Waals surface area contributed by atoms with E-state index in [1.807, 2.05) is 6.07 Å². The molecule has 2 N–H and O–H groups in total. The highest BCUT2D eigenvalue weighted by Gasteiger charge is 2.20. The Bertz CT molecular complexity index is 658. The lowest BCUT2D eigenvalue weighted by atomic mass is 10.1. The topological polar surface area (TPSA) is 73.9 Å². The van der Waals surface area contributed by atoms with Gasteiger partial charge in [0, 0.05) is 25.0 Å². The van der Waals surface area contributed by atoms with Gasteiger partial charge in [0.15, 0.2) is 5.82 Å². The summed E-state index contributed by atoms with van der Waals surface area (Å²) >= 11 is 0. The molecule has 0 saturated carbocycles. The van der Waals surface area contributed by atoms with Crippen molar-refractivity contribution in [1.82, 2.24) is 15.0 Å². The van der Waals surface area contributed by atoms with E-state index in [9.17, 15) is 4.79 Å². The van der Waals surface area contributed by atoms with E-state index in [2.05, 4.69) is 39.0 Å². The summed E-state index contributed by atoms with van der Waals surface area (Å²) in [5, 5.41) is 2.96. The van der Waals surface area contributed by atoms with Gasteiger partial charge in [0.05, 0.1) is 11.8 Å². The summed E-state index contributed by atoms with van der Waals surface area (Å²) in [6, 6.07) is 1.81. The van der Waals surface area contributed by atoms with Crippen LogP contribution in [0.15, 0.2) is 24.8 Å². The molecule has 1 saturated heterocycles. The summed E-state index contributed by atoms with van der Waals surface area (Å²) in [6.07, 6.45) is 7.31. The number of aromatic nitrogens is 3. The van der Waals surface area contributed by atoms with E-state index in [1.165, 1.54) is 6.33 Å². The van der Waals surface area contributed by atoms with E-state index in [1.54, 1.807) is 12.4 Å². The van der Waals surface area contributed by atoms with Gasteiger partial charge in [0.1, 0.15) is 12.0 Å². The van der Waals surface area contributed by atoms with Crippen molar-refractivity contribution in [2.45, 2.75) is 32.6 Å². The van der Waals surface area contributed by atoms with Crippen molar-refractivity contribution in [2.24, 2.45) is 0 Å². The Balaban J connectivity index is 1.84. The lowest BCUT2D eigenvalue weighted by molar-refractivity contribution is 0.102. The van der Waals surface area contributed by atoms with Crippen LogP contribution in [-0.4, -0.2) is 33.9 Å². The monoisotopic (exact) mass is 299 g/mol. The molecule has 0 aromatic carbocycles. The third-order valence-electron chi connectivity index (χ3n) is 3.95. The fraction of sp³-hybridized carbons (Fsp3) is 0.438. The fourth-order valence-corrected chi connectivity index (χ4v) is 2.84. The van der Waals surface area contributed by atoms with Gasteiger partial charge in [-0.3, -0.25) is 4.79 Å². The molecular weight excluding hydrogens is 278 g/mol. The Labute approximate surface area is 130 Å². The van der Waals surface area contributed by atoms with Crippen molar-refractivity contribution in [3.8, 4) is 0 Å². The number of hydrogen-bond acceptors (Lipinski definition) is 4. The van der Waals surface area contributed by atoms with Gasteiger partial charge in [-0.1, -0.05) is 13.8 Å². The smallest absolute Gasteiger partial charge is 0.257 e. The van der Waals surface area contributed by atoms with Crippen LogP contribution >= 0.6 is 0 Å². The van der Waals surface area contributed by atoms with Crippen LogP contribution in [0.4, 0.5) is 11.5 Å². The van der Waals surface area contributed by atoms with Gasteiger partial charge in [0.2, 0.25) is 0 Å². The molecular formula is C16H21N5O. The third-order valence-corrected chi connectivity index (χ3v) is 3.95. The van der Waals surface area contributed by atoms with Gasteiger partial charge in [-0.05, 0) is 24.8 Å². The maximum absolute atomic E-state index is 12.6. The number of hydrogen-bond donors (Lipinski definition) is 2. The van der Waals surface area contributed by atoms with E-state index in [0.29, 0.717) is 11.3 Å². The molecule has 2 aromatic heterocycles. The molecule has 116 valence electrons. The predicted octanol–water partition coefficient (Wildman–Crippen LogP) is 2.78. The molecule has 0 bridgehead atoms. The Morgan fingerprint density at radius 1 is 1.36 bits per heavy atom. The maximum atomic E-state index is 12.6. The molecule has 1 amide bonds. The number of carbonyl (C=O) groups excluding carboxylic acids is 1. The molecule has 0 radical (unpaired) electrons. The number of anilines is 2. The van der Waals surface area contributed by atoms with Gasteiger partial charge in [0.25, 0.3) is 5.91 Å². The highest BCUT2D eigenvalue weighted by molar-refractivity contribution is 6.06. The van der Waals surface area contributed by atoms with Crippen LogP contribution in [0.2, 0.25) is 0 Å². The van der Waals surface area contributed by atoms with Crippen LogP contribution in [0, 0.1) is 0 Å². The molecule has 3 rings (SSSR count). The number of rotatable bonds is 4. The molecule has 3 heterocycles. The lowest BCUT2D eigenvalue weighted by Gasteiger charge is -2.19. The molecule has 0 atom stereocenters. The highest BCUT2D eigenvalue weighted by atomic mass is 16.1. The van der Waals surface area contributed by atoms with Crippen LogP contribution < -0.4 is 10.2 Å². The lowest BCUT2D eigenvalue weighted by Crippen LogP contribution is -2.22. The van der Waals surface area contributed by atoms with Gasteiger partial charge in [-0.2, -0.15) is 0 Å². The average molecular weight is 299 g/mol. The number of H-pyrrole nitrogens is 1. The van der Waals surface area contributed by atoms with E-state index in [4.69, 9.17) is 0 Å². The molecule has 0 unspecified atom stereocenters. The first-order valence-corrected chi connectivity index (χ1v) is 7.70. The van der Waals surface area contributed by atoms with Crippen molar-refractivity contribution in [3.05, 3.63) is 36.0 Å². The van der Waals surface area contributed by atoms with Crippen LogP contribution in [0.3, 0.4) is 0 Å². The summed E-state index contributed by atoms with van der Waals surface area (Å²) in [6.45, 7) is 6.07. The van der Waals surface area contributed by atoms with Gasteiger partial charge in [-0.15, -0.1) is 0 Å². The standard InChI is InChI=1S/C16H21N5O/c1-11(2)14-12(5-6-18-14)16(22)20-13-9-17-10-19-15(13)21-7-3-4-8-21/h5-6,9-11,18H,3-4,7-8H2,1-2H3,(H,20,22). The van der Waals surface area contributed by atoms with Crippen molar-refractivity contribution in [2.75, 3.05) is 23.3 Å². The second kappa shape index (κ2) is 6.17. The van der Waals surface area contributed by atoms with Gasteiger partial charge >= 0.3 is 0 Å². The largest absolute Gasteiger partial charge is 0.364 e. The summed E-state index contributed by atoms with van der Waals surface area (Å²) in [7, 11) is 0. The SMILES string of the molecule is CC(C)c1[nH]ccc1C(=O)Nc1cncnc1N1CCCC1. The van der Waals surface area contributed by atoms with Crippen LogP contribution in [0.5, 0.6) is 0 Å². The Morgan fingerprint density at radius 3 is 2.86 bits per heavy atom. The van der Waals surface area contributed by atoms with Gasteiger partial charge in [-0.25, -0.2) is 9.97 Å². The minimum absolute atomic E-state index is 0.125. The van der Waals surface area contributed by atoms with E-state index in [0.717, 1.165) is 37.4 Å². The quantitative estimate of drug-likeness (QED) is 0.910. The first kappa shape index (κ1) is 14.6. The summed E-state index contributed by atoms with van der Waals surface area (Å²) < 4.78 is 0. The number of carbonyl (C=O) groups is 1. The summed E-state index contributed by atoms with van der Waals surface area (Å²) in [5.74, 6) is 0.948. The third kappa shape index (κ3) is 2.81. The van der Waals surface area contributed by atoms with Gasteiger partial charge < -0.3 is 15.2 Å². The Morgan fingerprint density at radius 2 is 2.14 bits per heavy atom. The number of amides is 1. The fourth-order valence-electron chi connectivity index (χ4n) is 2.84. The predicted molar refractivity (Wildman–Crippen MR) is 86.3 cm³/mol. The minimum atomic E-state index is -0.125. The molecule has 0 aliphatic carbocycles. The normalized spacial score (nSPS) is 14.6. The van der Waals surface area contributed by atoms with E-state index >= 15 is 0 Å². The van der Waals surface area contributed by atoms with Crippen molar-refractivity contribution in [3.63, 3.8) is 0 Å². The molecule has 0 spiro atoms. The van der Waals surface area contributed by atoms with Crippen LogP contribution in [-0.2, 0) is 0 Å². The highest BCUT2D eigenvalue weighted by Crippen LogP contribution is 2.26. The molecule has 1 fully saturated rings. The molecule has 6 heteroatoms. The summed E-state index contributed by atoms with van der Waals surface area (Å²) in [4.78, 5) is 26.3. The maximum Gasteiger partial charge on any atom is 0.257 e. The molecule has 22 heavy (non-hydrogen) atoms. The van der Waals surface area contributed by atoms with E-state index < -0.39 is 0 Å². The zero-order chi connectivity index (χ0) is 15.5. The van der Waals surface area contributed by atoms with E-state index in [-0.39, 0.29) is 11.8 Å². The minimum Gasteiger partial charge on any atom is -0.364 e. The molecule has 6 nitrogen and oxygen atoms in total. The number of aromatic amines is 1. The Kier molecular flexibility index (Phi) is 4.09. The average Bonchev–Trinajstić information content (AvgIpc) is 3.19. The second-order valence-electron chi connectivity index (χ2n) is 5.87. The van der Waals surface area contributed by atoms with Crippen molar-refractivity contribution >= 4 is 17.4 Å².